The molecule has 1 aliphatic rings. The lowest BCUT2D eigenvalue weighted by Gasteiger charge is -2.33. The van der Waals surface area contributed by atoms with Crippen molar-refractivity contribution in [1.29, 1.82) is 0 Å². The van der Waals surface area contributed by atoms with Gasteiger partial charge in [0.05, 0.1) is 5.92 Å². The quantitative estimate of drug-likeness (QED) is 0.856. The Labute approximate surface area is 119 Å². The van der Waals surface area contributed by atoms with Crippen LogP contribution >= 0.6 is 0 Å². The molecule has 2 N–H and O–H groups in total. The van der Waals surface area contributed by atoms with Gasteiger partial charge in [-0.05, 0) is 33.6 Å². The molecule has 20 heavy (non-hydrogen) atoms. The van der Waals surface area contributed by atoms with Crippen molar-refractivity contribution < 1.29 is 9.90 Å². The highest BCUT2D eigenvalue weighted by atomic mass is 16.4. The van der Waals surface area contributed by atoms with E-state index in [0.29, 0.717) is 24.8 Å². The molecule has 0 unspecified atom stereocenters. The summed E-state index contributed by atoms with van der Waals surface area (Å²) in [6.07, 6.45) is 1.28. The molecule has 1 heterocycles. The lowest BCUT2D eigenvalue weighted by Crippen LogP contribution is -2.40. The number of carboxylic acid groups (broad SMARTS) is 1. The molecule has 1 saturated carbocycles. The molecule has 6 nitrogen and oxygen atoms in total. The van der Waals surface area contributed by atoms with E-state index >= 15 is 0 Å². The molecule has 0 aromatic carbocycles. The lowest BCUT2D eigenvalue weighted by molar-refractivity contribution is -0.144. The fraction of sp³-hybridized carbons (Fsp3) is 0.643. The van der Waals surface area contributed by atoms with Crippen LogP contribution in [0.5, 0.6) is 0 Å². The second kappa shape index (κ2) is 5.64. The van der Waals surface area contributed by atoms with Crippen LogP contribution in [0, 0.1) is 12.8 Å². The normalized spacial score (nSPS) is 21.4. The number of hydrogen-bond donors (Lipinski definition) is 2. The molecule has 6 heteroatoms. The first kappa shape index (κ1) is 14.6. The van der Waals surface area contributed by atoms with E-state index in [4.69, 9.17) is 5.11 Å². The van der Waals surface area contributed by atoms with Crippen molar-refractivity contribution in [3.8, 4) is 0 Å². The Bertz CT molecular complexity index is 498. The van der Waals surface area contributed by atoms with Crippen molar-refractivity contribution in [1.82, 2.24) is 9.97 Å². The molecule has 0 amide bonds. The zero-order valence-corrected chi connectivity index (χ0v) is 12.4. The minimum Gasteiger partial charge on any atom is -0.481 e. The maximum atomic E-state index is 10.8. The SMILES string of the molecule is Cc1cc(N(C)C(C)C)nc(NC2CC(C(=O)O)C2)n1. The van der Waals surface area contributed by atoms with Gasteiger partial charge in [0.1, 0.15) is 5.82 Å². The lowest BCUT2D eigenvalue weighted by atomic mass is 9.80. The highest BCUT2D eigenvalue weighted by molar-refractivity contribution is 5.71. The Morgan fingerprint density at radius 3 is 2.65 bits per heavy atom. The molecule has 110 valence electrons. The smallest absolute Gasteiger partial charge is 0.306 e. The predicted molar refractivity (Wildman–Crippen MR) is 78.1 cm³/mol. The summed E-state index contributed by atoms with van der Waals surface area (Å²) in [5.74, 6) is 0.522. The van der Waals surface area contributed by atoms with E-state index in [0.717, 1.165) is 11.5 Å². The van der Waals surface area contributed by atoms with Crippen molar-refractivity contribution in [2.75, 3.05) is 17.3 Å². The van der Waals surface area contributed by atoms with Gasteiger partial charge in [-0.2, -0.15) is 4.98 Å². The van der Waals surface area contributed by atoms with E-state index in [2.05, 4.69) is 34.0 Å². The van der Waals surface area contributed by atoms with Gasteiger partial charge in [-0.15, -0.1) is 0 Å². The third-order valence-electron chi connectivity index (χ3n) is 3.80. The molecular formula is C14H22N4O2. The molecule has 1 aromatic rings. The zero-order valence-electron chi connectivity index (χ0n) is 12.4. The first-order valence-corrected chi connectivity index (χ1v) is 6.94. The fourth-order valence-electron chi connectivity index (χ4n) is 2.18. The van der Waals surface area contributed by atoms with Gasteiger partial charge >= 0.3 is 5.97 Å². The average Bonchev–Trinajstić information content (AvgIpc) is 2.30. The van der Waals surface area contributed by atoms with Gasteiger partial charge in [0.2, 0.25) is 5.95 Å². The maximum Gasteiger partial charge on any atom is 0.306 e. The molecule has 0 spiro atoms. The minimum atomic E-state index is -0.714. The summed E-state index contributed by atoms with van der Waals surface area (Å²) >= 11 is 0. The van der Waals surface area contributed by atoms with Crippen LogP contribution in [0.3, 0.4) is 0 Å². The van der Waals surface area contributed by atoms with Gasteiger partial charge in [0.25, 0.3) is 0 Å². The largest absolute Gasteiger partial charge is 0.481 e. The van der Waals surface area contributed by atoms with Gasteiger partial charge in [-0.1, -0.05) is 0 Å². The summed E-state index contributed by atoms with van der Waals surface area (Å²) in [5, 5.41) is 12.1. The van der Waals surface area contributed by atoms with E-state index in [1.165, 1.54) is 0 Å². The third-order valence-corrected chi connectivity index (χ3v) is 3.80. The Hall–Kier alpha value is -1.85. The number of aryl methyl sites for hydroxylation is 1. The van der Waals surface area contributed by atoms with Crippen LogP contribution in [-0.2, 0) is 4.79 Å². The van der Waals surface area contributed by atoms with Crippen LogP contribution in [0.1, 0.15) is 32.4 Å². The predicted octanol–water partition coefficient (Wildman–Crippen LogP) is 1.90. The van der Waals surface area contributed by atoms with Crippen LogP contribution in [0.15, 0.2) is 6.07 Å². The summed E-state index contributed by atoms with van der Waals surface area (Å²) in [6.45, 7) is 6.15. The van der Waals surface area contributed by atoms with Gasteiger partial charge in [0, 0.05) is 30.9 Å². The van der Waals surface area contributed by atoms with Crippen LogP contribution in [0.2, 0.25) is 0 Å². The van der Waals surface area contributed by atoms with Gasteiger partial charge in [0.15, 0.2) is 0 Å². The summed E-state index contributed by atoms with van der Waals surface area (Å²) in [6, 6.07) is 2.47. The Morgan fingerprint density at radius 1 is 1.45 bits per heavy atom. The molecule has 1 aliphatic carbocycles. The summed E-state index contributed by atoms with van der Waals surface area (Å²) < 4.78 is 0. The van der Waals surface area contributed by atoms with E-state index in [1.54, 1.807) is 0 Å². The molecule has 1 fully saturated rings. The van der Waals surface area contributed by atoms with Crippen LogP contribution in [0.4, 0.5) is 11.8 Å². The van der Waals surface area contributed by atoms with Crippen molar-refractivity contribution in [2.45, 2.75) is 45.7 Å². The number of nitrogens with one attached hydrogen (secondary N) is 1. The number of carboxylic acids is 1. The molecule has 1 aromatic heterocycles. The maximum absolute atomic E-state index is 10.8. The first-order valence-electron chi connectivity index (χ1n) is 6.94. The highest BCUT2D eigenvalue weighted by Gasteiger charge is 2.34. The molecular weight excluding hydrogens is 256 g/mol. The summed E-state index contributed by atoms with van der Waals surface area (Å²) in [5.41, 5.74) is 0.902. The Kier molecular flexibility index (Phi) is 4.11. The third kappa shape index (κ3) is 3.18. The number of anilines is 2. The van der Waals surface area contributed by atoms with Crippen LogP contribution < -0.4 is 10.2 Å². The van der Waals surface area contributed by atoms with Crippen molar-refractivity contribution >= 4 is 17.7 Å². The van der Waals surface area contributed by atoms with E-state index in [9.17, 15) is 4.79 Å². The van der Waals surface area contributed by atoms with Crippen molar-refractivity contribution in [3.63, 3.8) is 0 Å². The second-order valence-electron chi connectivity index (χ2n) is 5.74. The standard InChI is InChI=1S/C14H22N4O2/c1-8(2)18(4)12-5-9(3)15-14(17-12)16-11-6-10(7-11)13(19)20/h5,8,10-11H,6-7H2,1-4H3,(H,19,20)(H,15,16,17). The number of rotatable bonds is 5. The van der Waals surface area contributed by atoms with Crippen LogP contribution in [-0.4, -0.2) is 40.2 Å². The second-order valence-corrected chi connectivity index (χ2v) is 5.74. The van der Waals surface area contributed by atoms with E-state index in [-0.39, 0.29) is 12.0 Å². The van der Waals surface area contributed by atoms with Gasteiger partial charge in [-0.3, -0.25) is 4.79 Å². The van der Waals surface area contributed by atoms with Crippen molar-refractivity contribution in [3.05, 3.63) is 11.8 Å². The van der Waals surface area contributed by atoms with Gasteiger partial charge < -0.3 is 15.3 Å². The average molecular weight is 278 g/mol. The Balaban J connectivity index is 2.04. The topological polar surface area (TPSA) is 78.4 Å². The number of aromatic nitrogens is 2. The molecule has 0 atom stereocenters. The number of hydrogen-bond acceptors (Lipinski definition) is 5. The Morgan fingerprint density at radius 2 is 2.10 bits per heavy atom. The van der Waals surface area contributed by atoms with E-state index < -0.39 is 5.97 Å². The monoisotopic (exact) mass is 278 g/mol. The van der Waals surface area contributed by atoms with E-state index in [1.807, 2.05) is 20.0 Å². The number of aliphatic carboxylic acids is 1. The number of nitrogens with zero attached hydrogens (tertiary/aromatic N) is 3. The molecule has 0 radical (unpaired) electrons. The molecule has 0 bridgehead atoms. The highest BCUT2D eigenvalue weighted by Crippen LogP contribution is 2.30. The van der Waals surface area contributed by atoms with Crippen molar-refractivity contribution in [2.24, 2.45) is 5.92 Å². The molecule has 0 aliphatic heterocycles. The minimum absolute atomic E-state index is 0.162. The summed E-state index contributed by atoms with van der Waals surface area (Å²) in [7, 11) is 2.00. The zero-order chi connectivity index (χ0) is 14.9. The van der Waals surface area contributed by atoms with Gasteiger partial charge in [-0.25, -0.2) is 4.98 Å². The summed E-state index contributed by atoms with van der Waals surface area (Å²) in [4.78, 5) is 21.7. The molecule has 2 rings (SSSR count). The first-order chi connectivity index (χ1) is 9.36. The van der Waals surface area contributed by atoms with Crippen LogP contribution in [0.25, 0.3) is 0 Å². The number of carbonyl (C=O) groups is 1. The fourth-order valence-corrected chi connectivity index (χ4v) is 2.18. The molecule has 0 saturated heterocycles.